The Bertz CT molecular complexity index is 1060. The van der Waals surface area contributed by atoms with Crippen molar-refractivity contribution in [1.29, 1.82) is 0 Å². The van der Waals surface area contributed by atoms with Gasteiger partial charge in [0.2, 0.25) is 5.91 Å². The largest absolute Gasteiger partial charge is 0.508 e. The fraction of sp³-hybridized carbons (Fsp3) is 0.600. The molecule has 1 heterocycles. The zero-order chi connectivity index (χ0) is 30.0. The zero-order valence-electron chi connectivity index (χ0n) is 24.8. The van der Waals surface area contributed by atoms with Gasteiger partial charge in [0, 0.05) is 37.9 Å². The van der Waals surface area contributed by atoms with E-state index in [4.69, 9.17) is 19.9 Å². The third-order valence-electron chi connectivity index (χ3n) is 7.20. The van der Waals surface area contributed by atoms with Gasteiger partial charge in [-0.2, -0.15) is 0 Å². The Labute approximate surface area is 238 Å². The maximum Gasteiger partial charge on any atom is 0.405 e. The minimum Gasteiger partial charge on any atom is -0.508 e. The van der Waals surface area contributed by atoms with Gasteiger partial charge in [-0.3, -0.25) is 4.79 Å². The van der Waals surface area contributed by atoms with Gasteiger partial charge >= 0.3 is 6.09 Å². The van der Waals surface area contributed by atoms with E-state index < -0.39 is 30.5 Å². The summed E-state index contributed by atoms with van der Waals surface area (Å²) in [7, 11) is 6.88. The molecular formula is C30H47N3O7. The van der Waals surface area contributed by atoms with E-state index in [9.17, 15) is 19.8 Å². The van der Waals surface area contributed by atoms with Crippen LogP contribution in [0.1, 0.15) is 51.2 Å². The average molecular weight is 562 g/mol. The lowest BCUT2D eigenvalue weighted by Gasteiger charge is -2.30. The number of ether oxygens (including phenoxy) is 3. The minimum atomic E-state index is -0.927. The summed E-state index contributed by atoms with van der Waals surface area (Å²) in [6, 6.07) is 3.63. The van der Waals surface area contributed by atoms with Crippen molar-refractivity contribution in [3.8, 4) is 5.75 Å². The lowest BCUT2D eigenvalue weighted by Crippen LogP contribution is -2.37. The average Bonchev–Trinajstić information content (AvgIpc) is 2.87. The van der Waals surface area contributed by atoms with Crippen LogP contribution in [0.5, 0.6) is 5.75 Å². The van der Waals surface area contributed by atoms with Crippen LogP contribution >= 0.6 is 0 Å². The van der Waals surface area contributed by atoms with Crippen molar-refractivity contribution in [3.63, 3.8) is 0 Å². The first-order chi connectivity index (χ1) is 18.9. The maximum atomic E-state index is 12.8. The van der Waals surface area contributed by atoms with Crippen molar-refractivity contribution in [3.05, 3.63) is 47.1 Å². The molecule has 10 heteroatoms. The Kier molecular flexibility index (Phi) is 13.1. The number of carbonyl (C=O) groups excluding carboxylic acids is 2. The van der Waals surface area contributed by atoms with Crippen LogP contribution in [0, 0.1) is 11.8 Å². The molecule has 1 aliphatic rings. The number of amides is 2. The van der Waals surface area contributed by atoms with E-state index in [1.807, 2.05) is 45.0 Å². The molecule has 5 N–H and O–H groups in total. The van der Waals surface area contributed by atoms with E-state index in [0.717, 1.165) is 5.56 Å². The second-order valence-electron chi connectivity index (χ2n) is 11.1. The van der Waals surface area contributed by atoms with Gasteiger partial charge in [-0.15, -0.1) is 0 Å². The number of allylic oxidation sites excluding steroid dienone is 1. The highest BCUT2D eigenvalue weighted by molar-refractivity contribution is 6.00. The summed E-state index contributed by atoms with van der Waals surface area (Å²) < 4.78 is 16.8. The first-order valence-corrected chi connectivity index (χ1v) is 13.7. The van der Waals surface area contributed by atoms with Crippen molar-refractivity contribution in [1.82, 2.24) is 4.90 Å². The molecule has 1 aliphatic heterocycles. The lowest BCUT2D eigenvalue weighted by atomic mass is 9.88. The highest BCUT2D eigenvalue weighted by atomic mass is 16.6. The monoisotopic (exact) mass is 561 g/mol. The fourth-order valence-electron chi connectivity index (χ4n) is 5.24. The van der Waals surface area contributed by atoms with Gasteiger partial charge in [0.05, 0.1) is 18.3 Å². The van der Waals surface area contributed by atoms with Crippen molar-refractivity contribution in [2.24, 2.45) is 17.6 Å². The van der Waals surface area contributed by atoms with E-state index in [-0.39, 0.29) is 23.5 Å². The molecule has 2 rings (SSSR count). The number of carbonyl (C=O) groups is 2. The van der Waals surface area contributed by atoms with E-state index in [0.29, 0.717) is 49.1 Å². The highest BCUT2D eigenvalue weighted by Gasteiger charge is 2.30. The van der Waals surface area contributed by atoms with Crippen molar-refractivity contribution in [2.45, 2.75) is 77.4 Å². The van der Waals surface area contributed by atoms with Gasteiger partial charge in [0.1, 0.15) is 5.75 Å². The molecule has 1 aromatic rings. The predicted molar refractivity (Wildman–Crippen MR) is 155 cm³/mol. The molecule has 0 fully saturated rings. The predicted octanol–water partition coefficient (Wildman–Crippen LogP) is 3.75. The van der Waals surface area contributed by atoms with Crippen LogP contribution in [0.3, 0.4) is 0 Å². The molecule has 0 saturated heterocycles. The molecule has 6 atom stereocenters. The number of anilines is 1. The molecule has 224 valence electrons. The number of aliphatic hydroxyl groups is 1. The topological polar surface area (TPSA) is 144 Å². The summed E-state index contributed by atoms with van der Waals surface area (Å²) in [6.07, 6.45) is 3.59. The number of phenols is 1. The van der Waals surface area contributed by atoms with Gasteiger partial charge in [0.15, 0.2) is 6.10 Å². The number of benzene rings is 1. The molecule has 0 unspecified atom stereocenters. The third kappa shape index (κ3) is 9.92. The number of hydrogen-bond acceptors (Lipinski definition) is 8. The molecule has 0 spiro atoms. The van der Waals surface area contributed by atoms with Crippen molar-refractivity contribution in [2.75, 3.05) is 33.6 Å². The number of hydrogen-bond donors (Lipinski definition) is 4. The standard InChI is InChI=1S/C30H47N3O7/c1-18-12-21-15-23(22(17-33(4)5)24(34)16-21)32-27(35)11-9-8-10-25(38-6)29(40-30(31)37)20(3)14-19(2)28(36)26(13-18)39-7/h9,11,14-16,18-19,25-26,28-29,34,36H,8,10,12-13,17H2,1-7H3,(H2,31,37)(H,32,35)/b11-9+,20-14+/t18-,19+,25+,26-,28-,29+/m1/s1. The molecule has 2 bridgehead atoms. The second-order valence-corrected chi connectivity index (χ2v) is 11.1. The molecule has 0 aliphatic carbocycles. The van der Waals surface area contributed by atoms with Crippen molar-refractivity contribution < 1.29 is 34.0 Å². The fourth-order valence-corrected chi connectivity index (χ4v) is 5.24. The summed E-state index contributed by atoms with van der Waals surface area (Å²) >= 11 is 0. The highest BCUT2D eigenvalue weighted by Crippen LogP contribution is 2.31. The Hall–Kier alpha value is -2.92. The number of methoxy groups -OCH3 is 2. The van der Waals surface area contributed by atoms with Crippen LogP contribution in [0.2, 0.25) is 0 Å². The summed E-state index contributed by atoms with van der Waals surface area (Å²) in [5.41, 5.74) is 8.10. The normalized spacial score (nSPS) is 29.3. The van der Waals surface area contributed by atoms with Gasteiger partial charge < -0.3 is 40.4 Å². The molecule has 0 saturated carbocycles. The van der Waals surface area contributed by atoms with Gasteiger partial charge in [0.25, 0.3) is 0 Å². The Morgan fingerprint density at radius 2 is 1.85 bits per heavy atom. The summed E-state index contributed by atoms with van der Waals surface area (Å²) in [5.74, 6) is -0.442. The number of nitrogens with two attached hydrogens (primary N) is 1. The van der Waals surface area contributed by atoms with E-state index >= 15 is 0 Å². The Morgan fingerprint density at radius 1 is 1.18 bits per heavy atom. The quantitative estimate of drug-likeness (QED) is 0.398. The molecule has 10 nitrogen and oxygen atoms in total. The van der Waals surface area contributed by atoms with Crippen LogP contribution in [0.4, 0.5) is 10.5 Å². The first kappa shape index (κ1) is 33.3. The first-order valence-electron chi connectivity index (χ1n) is 13.7. The molecular weight excluding hydrogens is 514 g/mol. The molecule has 1 aromatic carbocycles. The zero-order valence-corrected chi connectivity index (χ0v) is 24.8. The molecule has 0 aromatic heterocycles. The van der Waals surface area contributed by atoms with E-state index in [1.54, 1.807) is 19.3 Å². The Balaban J connectivity index is 2.51. The molecule has 2 amide bonds. The number of rotatable bonds is 5. The van der Waals surface area contributed by atoms with Crippen LogP contribution < -0.4 is 11.1 Å². The van der Waals surface area contributed by atoms with Crippen LogP contribution in [0.25, 0.3) is 0 Å². The van der Waals surface area contributed by atoms with Gasteiger partial charge in [-0.05, 0) is 82.0 Å². The smallest absolute Gasteiger partial charge is 0.405 e. The summed E-state index contributed by atoms with van der Waals surface area (Å²) in [6.45, 7) is 6.19. The number of primary amides is 1. The number of phenolic OH excluding ortho intramolecular Hbond substituents is 1. The van der Waals surface area contributed by atoms with Crippen LogP contribution in [0.15, 0.2) is 35.9 Å². The number of aromatic hydroxyl groups is 1. The second kappa shape index (κ2) is 15.8. The summed E-state index contributed by atoms with van der Waals surface area (Å²) in [5, 5.41) is 25.0. The number of nitrogens with zero attached hydrogens (tertiary/aromatic N) is 1. The number of aliphatic hydroxyl groups excluding tert-OH is 1. The number of nitrogens with one attached hydrogen (secondary N) is 1. The van der Waals surface area contributed by atoms with Crippen LogP contribution in [-0.2, 0) is 32.0 Å². The molecule has 0 radical (unpaired) electrons. The maximum absolute atomic E-state index is 12.8. The van der Waals surface area contributed by atoms with E-state index in [2.05, 4.69) is 12.2 Å². The SMILES string of the molecule is CO[C@H]1CC/C=C/C(=O)Nc2cc(cc(O)c2CN(C)C)C[C@@H](C)C[C@@H](OC)[C@H](O)[C@@H](C)/C=C(\C)[C@@H]1OC(N)=O. The van der Waals surface area contributed by atoms with Crippen LogP contribution in [-0.4, -0.2) is 79.8 Å². The van der Waals surface area contributed by atoms with Gasteiger partial charge in [-0.1, -0.05) is 26.0 Å². The lowest BCUT2D eigenvalue weighted by molar-refractivity contribution is -0.111. The third-order valence-corrected chi connectivity index (χ3v) is 7.20. The summed E-state index contributed by atoms with van der Waals surface area (Å²) in [4.78, 5) is 26.5. The molecule has 40 heavy (non-hydrogen) atoms. The van der Waals surface area contributed by atoms with Gasteiger partial charge in [-0.25, -0.2) is 4.79 Å². The Morgan fingerprint density at radius 3 is 2.45 bits per heavy atom. The number of fused-ring (bicyclic) bond motifs is 2. The minimum absolute atomic E-state index is 0.0883. The van der Waals surface area contributed by atoms with Crippen molar-refractivity contribution >= 4 is 17.7 Å². The van der Waals surface area contributed by atoms with E-state index in [1.165, 1.54) is 13.2 Å².